The van der Waals surface area contributed by atoms with Crippen LogP contribution in [0.25, 0.3) is 88.1 Å². The maximum Gasteiger partial charge on any atom is 0.276 e. The van der Waals surface area contributed by atoms with E-state index in [1.807, 2.05) is 115 Å². The number of H-pyrrole nitrogens is 4. The van der Waals surface area contributed by atoms with Crippen molar-refractivity contribution in [3.8, 4) is 44.5 Å². The van der Waals surface area contributed by atoms with Gasteiger partial charge < -0.3 is 40.7 Å². The van der Waals surface area contributed by atoms with Crippen molar-refractivity contribution in [2.24, 2.45) is 0 Å². The lowest BCUT2D eigenvalue weighted by Crippen LogP contribution is -2.38. The Labute approximate surface area is 841 Å². The molecule has 12 aromatic heterocycles. The van der Waals surface area contributed by atoms with Crippen molar-refractivity contribution in [2.75, 3.05) is 102 Å². The minimum atomic E-state index is -3.52. The minimum Gasteiger partial charge on any atom is -0.378 e. The summed E-state index contributed by atoms with van der Waals surface area (Å²) in [5.74, 6) is -4.33. The van der Waals surface area contributed by atoms with E-state index in [0.717, 1.165) is 123 Å². The number of likely N-dealkylation sites (tertiary alicyclic amines) is 1. The summed E-state index contributed by atoms with van der Waals surface area (Å²) in [6.45, 7) is 21.1. The Kier molecular flexibility index (Phi) is 30.7. The number of benzene rings is 4. The van der Waals surface area contributed by atoms with E-state index in [-0.39, 0.29) is 55.7 Å². The van der Waals surface area contributed by atoms with Crippen molar-refractivity contribution in [1.29, 1.82) is 0 Å². The Morgan fingerprint density at radius 2 is 0.603 bits per heavy atom. The Morgan fingerprint density at radius 3 is 0.884 bits per heavy atom. The summed E-state index contributed by atoms with van der Waals surface area (Å²) in [4.78, 5) is 94.7. The van der Waals surface area contributed by atoms with Crippen LogP contribution in [0.4, 0.5) is 48.6 Å². The quantitative estimate of drug-likeness (QED) is 0.0263. The van der Waals surface area contributed by atoms with Crippen LogP contribution in [0.5, 0.6) is 0 Å². The molecule has 0 atom stereocenters. The lowest BCUT2D eigenvalue weighted by atomic mass is 10.0. The maximum absolute atomic E-state index is 13.5. The highest BCUT2D eigenvalue weighted by Crippen LogP contribution is 2.37. The molecule has 0 aliphatic carbocycles. The second kappa shape index (κ2) is 43.8. The van der Waals surface area contributed by atoms with Gasteiger partial charge in [0.1, 0.15) is 0 Å². The van der Waals surface area contributed by atoms with E-state index in [1.165, 1.54) is 105 Å². The molecule has 16 heterocycles. The number of alkyl halides is 2. The Balaban J connectivity index is 0.000000133. The molecule has 146 heavy (non-hydrogen) atoms. The molecule has 4 aliphatic heterocycles. The van der Waals surface area contributed by atoms with E-state index in [4.69, 9.17) is 4.74 Å². The van der Waals surface area contributed by atoms with E-state index in [0.29, 0.717) is 82.7 Å². The van der Waals surface area contributed by atoms with Crippen LogP contribution in [0.15, 0.2) is 240 Å². The second-order valence-electron chi connectivity index (χ2n) is 36.9. The van der Waals surface area contributed by atoms with E-state index < -0.39 is 89.9 Å². The SMILES string of the molecule is CC(C)S(=O)(=O)c1ccc(NC(=O)c2n[nH]c3ccc(-c4cncc(CN5CCC(F)(F)CC5)c4)cc23)cn1.CC(C)S(=O)(=O)c1ccc(NC(=O)c2n[nH]c3ccc(-c4cncc(N5CCCC5)c4)cc23)cn1.CC(C)S(=O)(=O)c1ccc(NC(=O)c2n[nH]c3ccc(-c4cncc(N5CCCCC5)c4)cc23)cn1.CC(C)S(=O)(=O)c1ccc(NC(=O)c2n[nH]c3ccc(-c4cncc(N5CCOCC5)c4)cc23)cn1. The first-order valence-corrected chi connectivity index (χ1v) is 53.9. The predicted molar refractivity (Wildman–Crippen MR) is 555 cm³/mol. The summed E-state index contributed by atoms with van der Waals surface area (Å²) in [5, 5.41) is 39.5. The molecule has 0 bridgehead atoms. The van der Waals surface area contributed by atoms with E-state index in [1.54, 1.807) is 74.0 Å². The predicted octanol–water partition coefficient (Wildman–Crippen LogP) is 16.5. The van der Waals surface area contributed by atoms with Crippen molar-refractivity contribution >= 4 is 146 Å². The topological polar surface area (TPSA) is 493 Å². The number of aromatic nitrogens is 16. The van der Waals surface area contributed by atoms with Crippen molar-refractivity contribution in [2.45, 2.75) is 154 Å². The van der Waals surface area contributed by atoms with Crippen LogP contribution in [0.3, 0.4) is 0 Å². The molecule has 0 saturated carbocycles. The van der Waals surface area contributed by atoms with Gasteiger partial charge in [-0.25, -0.2) is 62.4 Å². The van der Waals surface area contributed by atoms with Crippen LogP contribution in [-0.4, -0.2) is 235 Å². The van der Waals surface area contributed by atoms with Crippen LogP contribution < -0.4 is 36.0 Å². The number of piperidine rings is 2. The highest BCUT2D eigenvalue weighted by Gasteiger charge is 2.35. The van der Waals surface area contributed by atoms with E-state index in [2.05, 4.69) is 135 Å². The summed E-state index contributed by atoms with van der Waals surface area (Å²) in [7, 11) is -14.0. The maximum atomic E-state index is 13.5. The number of hydrogen-bond donors (Lipinski definition) is 8. The van der Waals surface area contributed by atoms with E-state index in [9.17, 15) is 61.6 Å². The Morgan fingerprint density at radius 1 is 0.329 bits per heavy atom. The number of fused-ring (bicyclic) bond motifs is 4. The lowest BCUT2D eigenvalue weighted by Gasteiger charge is -2.31. The van der Waals surface area contributed by atoms with Gasteiger partial charge in [-0.3, -0.25) is 64.4 Å². The molecular weight excluding hydrogens is 1950 g/mol. The first-order valence-electron chi connectivity index (χ1n) is 47.7. The molecule has 8 N–H and O–H groups in total. The molecule has 20 rings (SSSR count). The third kappa shape index (κ3) is 23.4. The second-order valence-corrected chi connectivity index (χ2v) is 46.7. The average molecular weight is 2060 g/mol. The molecule has 756 valence electrons. The van der Waals surface area contributed by atoms with E-state index >= 15 is 0 Å². The number of carbonyl (C=O) groups excluding carboxylic acids is 4. The fourth-order valence-electron chi connectivity index (χ4n) is 16.9. The van der Waals surface area contributed by atoms with Gasteiger partial charge in [0.05, 0.1) is 139 Å². The Hall–Kier alpha value is -15.2. The van der Waals surface area contributed by atoms with Crippen LogP contribution in [0, 0.1) is 0 Å². The number of amides is 4. The third-order valence-electron chi connectivity index (χ3n) is 25.6. The molecule has 4 fully saturated rings. The lowest BCUT2D eigenvalue weighted by molar-refractivity contribution is -0.0566. The van der Waals surface area contributed by atoms with Gasteiger partial charge in [-0.2, -0.15) is 20.4 Å². The number of nitrogens with zero attached hydrogens (tertiary/aromatic N) is 16. The van der Waals surface area contributed by atoms with Gasteiger partial charge in [-0.15, -0.1) is 0 Å². The largest absolute Gasteiger partial charge is 0.378 e. The van der Waals surface area contributed by atoms with Gasteiger partial charge in [-0.1, -0.05) is 24.3 Å². The zero-order valence-electron chi connectivity index (χ0n) is 81.2. The average Bonchev–Trinajstić information content (AvgIpc) is 1.66. The number of halogens is 2. The number of rotatable bonds is 25. The van der Waals surface area contributed by atoms with Crippen LogP contribution in [-0.2, 0) is 50.6 Å². The number of sulfone groups is 4. The monoisotopic (exact) mass is 2050 g/mol. The van der Waals surface area contributed by atoms with Gasteiger partial charge in [-0.05, 0) is 237 Å². The van der Waals surface area contributed by atoms with Gasteiger partial charge in [0.15, 0.2) is 82.2 Å². The van der Waals surface area contributed by atoms with Crippen molar-refractivity contribution < 1.29 is 66.4 Å². The number of nitrogens with one attached hydrogen (secondary N) is 8. The minimum absolute atomic E-state index is 0.0225. The molecule has 4 aliphatic rings. The van der Waals surface area contributed by atoms with Crippen LogP contribution in [0.2, 0.25) is 0 Å². The Bertz CT molecular complexity index is 7760. The zero-order valence-corrected chi connectivity index (χ0v) is 84.4. The van der Waals surface area contributed by atoms with Gasteiger partial charge in [0, 0.05) is 147 Å². The number of aromatic amines is 4. The number of ether oxygens (including phenoxy) is 1. The first kappa shape index (κ1) is 102. The summed E-state index contributed by atoms with van der Waals surface area (Å²) in [6.07, 6.45) is 25.6. The molecule has 37 nitrogen and oxygen atoms in total. The van der Waals surface area contributed by atoms with Crippen LogP contribution in [0.1, 0.15) is 148 Å². The summed E-state index contributed by atoms with van der Waals surface area (Å²) in [6, 6.07) is 42.8. The van der Waals surface area contributed by atoms with Gasteiger partial charge in [0.25, 0.3) is 29.6 Å². The summed E-state index contributed by atoms with van der Waals surface area (Å²) >= 11 is 0. The normalized spacial score (nSPS) is 14.7. The first-order chi connectivity index (χ1) is 70.0. The zero-order chi connectivity index (χ0) is 103. The molecule has 4 saturated heterocycles. The standard InChI is InChI=1S/C27H28F2N6O3S.C26H28N6O3S.C25H26N6O4S.C25H26N6O3S/c1-17(2)39(37,38)24-6-4-21(15-31-24)32-26(36)25-22-12-19(3-5-23(22)33-34-25)20-11-18(13-30-14-20)16-35-9-7-27(28,29)8-10-35;1-17(2)36(34,35)24-9-7-20(15-28-24)29-26(33)25-22-13-18(6-8-23(22)30-31-25)19-12-21(16-27-14-19)32-10-4-3-5-11-32;1-16(2)36(33,34)23-6-4-19(14-27-23)28-25(32)24-21-12-17(3-5-22(21)29-30-24)18-11-20(15-26-13-18)31-7-9-35-10-8-31;1-16(2)35(33,34)23-8-6-19(14-27-23)28-25(32)24-21-12-17(5-7-22(21)29-30-24)18-11-20(15-26-13-18)31-9-3-4-10-31/h3-6,11-15,17H,7-10,16H2,1-2H3,(H,32,36)(H,33,34);6-9,12-17H,3-5,10-11H2,1-2H3,(H,29,33)(H,30,31);3-6,11-16H,7-10H2,1-2H3,(H,28,32)(H,29,30);5-8,11-16H,3-4,9-10H2,1-2H3,(H,28,32)(H,29,30). The molecule has 4 aromatic carbocycles. The number of morpholine rings is 1. The molecule has 43 heteroatoms. The highest BCUT2D eigenvalue weighted by molar-refractivity contribution is 7.92. The number of carbonyl (C=O) groups is 4. The molecule has 0 unspecified atom stereocenters. The fraction of sp³-hybridized carbons (Fsp3) is 0.301. The van der Waals surface area contributed by atoms with Crippen molar-refractivity contribution in [1.82, 2.24) is 85.6 Å². The molecule has 4 amide bonds. The summed E-state index contributed by atoms with van der Waals surface area (Å²) in [5.41, 5.74) is 16.7. The summed E-state index contributed by atoms with van der Waals surface area (Å²) < 4.78 is 131. The molecular formula is C103H108F2N24O13S4. The number of anilines is 7. The fourth-order valence-corrected chi connectivity index (χ4v) is 20.7. The number of hydrogen-bond acceptors (Lipinski definition) is 29. The molecule has 16 aromatic rings. The smallest absolute Gasteiger partial charge is 0.276 e. The highest BCUT2D eigenvalue weighted by atomic mass is 32.2. The van der Waals surface area contributed by atoms with Crippen molar-refractivity contribution in [3.63, 3.8) is 0 Å². The third-order valence-corrected chi connectivity index (χ3v) is 33.9. The molecule has 0 spiro atoms. The van der Waals surface area contributed by atoms with Gasteiger partial charge >= 0.3 is 0 Å². The van der Waals surface area contributed by atoms with Gasteiger partial charge in [0.2, 0.25) is 0 Å². The van der Waals surface area contributed by atoms with Crippen molar-refractivity contribution in [3.05, 3.63) is 248 Å². The van der Waals surface area contributed by atoms with Crippen LogP contribution >= 0.6 is 0 Å². The number of pyridine rings is 8. The molecule has 0 radical (unpaired) electrons.